The Kier molecular flexibility index (Phi) is 7.95. The molecule has 0 aliphatic carbocycles. The lowest BCUT2D eigenvalue weighted by atomic mass is 10.0. The maximum absolute atomic E-state index is 13.0. The number of hydrogen-bond donors (Lipinski definition) is 2. The smallest absolute Gasteiger partial charge is 0.352 e. The van der Waals surface area contributed by atoms with Crippen LogP contribution < -0.4 is 5.32 Å². The largest absolute Gasteiger partial charge is 0.429 e. The molecular weight excluding hydrogens is 453 g/mol. The molecule has 1 aromatic heterocycles. The van der Waals surface area contributed by atoms with Gasteiger partial charge in [-0.2, -0.15) is 13.2 Å². The number of pyridine rings is 1. The second-order valence-corrected chi connectivity index (χ2v) is 7.47. The molecule has 0 unspecified atom stereocenters. The van der Waals surface area contributed by atoms with Gasteiger partial charge in [0.25, 0.3) is 5.91 Å². The SMILES string of the molecule is N=C(CC(=Nc1ccccc1Cl)c1ccc(C(=O)NCCc2ccccn2)cc1)C(F)(F)F. The van der Waals surface area contributed by atoms with Crippen LogP contribution in [0.5, 0.6) is 0 Å². The van der Waals surface area contributed by atoms with Crippen molar-refractivity contribution in [3.63, 3.8) is 0 Å². The van der Waals surface area contributed by atoms with E-state index in [-0.39, 0.29) is 16.6 Å². The van der Waals surface area contributed by atoms with Crippen molar-refractivity contribution in [3.05, 3.63) is 94.8 Å². The molecule has 0 radical (unpaired) electrons. The molecule has 33 heavy (non-hydrogen) atoms. The average molecular weight is 473 g/mol. The quantitative estimate of drug-likeness (QED) is 0.406. The topological polar surface area (TPSA) is 78.2 Å². The molecular formula is C24H20ClF3N4O. The normalized spacial score (nSPS) is 11.8. The first-order chi connectivity index (χ1) is 15.7. The monoisotopic (exact) mass is 472 g/mol. The second kappa shape index (κ2) is 10.9. The minimum atomic E-state index is -4.77. The van der Waals surface area contributed by atoms with E-state index >= 15 is 0 Å². The molecule has 2 N–H and O–H groups in total. The van der Waals surface area contributed by atoms with Gasteiger partial charge in [-0.1, -0.05) is 41.9 Å². The van der Waals surface area contributed by atoms with E-state index in [1.54, 1.807) is 30.5 Å². The van der Waals surface area contributed by atoms with Crippen LogP contribution in [0.15, 0.2) is 77.9 Å². The number of aliphatic imine (C=N–C) groups is 1. The first kappa shape index (κ1) is 24.1. The number of carbonyl (C=O) groups excluding carboxylic acids is 1. The van der Waals surface area contributed by atoms with Crippen molar-refractivity contribution in [2.24, 2.45) is 4.99 Å². The Balaban J connectivity index is 1.76. The van der Waals surface area contributed by atoms with Crippen molar-refractivity contribution in [2.75, 3.05) is 6.54 Å². The lowest BCUT2D eigenvalue weighted by molar-refractivity contribution is -0.0605. The Bertz CT molecular complexity index is 1150. The van der Waals surface area contributed by atoms with Gasteiger partial charge in [-0.3, -0.25) is 14.8 Å². The number of amides is 1. The summed E-state index contributed by atoms with van der Waals surface area (Å²) in [5.41, 5.74) is 0.440. The van der Waals surface area contributed by atoms with E-state index in [0.717, 1.165) is 5.69 Å². The number of benzene rings is 2. The molecule has 0 fully saturated rings. The van der Waals surface area contributed by atoms with Gasteiger partial charge in [0.1, 0.15) is 5.71 Å². The summed E-state index contributed by atoms with van der Waals surface area (Å²) >= 11 is 6.10. The third-order valence-corrected chi connectivity index (χ3v) is 4.99. The molecule has 0 saturated carbocycles. The number of nitrogens with one attached hydrogen (secondary N) is 2. The van der Waals surface area contributed by atoms with E-state index in [9.17, 15) is 18.0 Å². The molecule has 1 heterocycles. The van der Waals surface area contributed by atoms with E-state index in [1.807, 2.05) is 18.2 Å². The number of nitrogens with zero attached hydrogens (tertiary/aromatic N) is 2. The Labute approximate surface area is 193 Å². The molecule has 0 spiro atoms. The predicted octanol–water partition coefficient (Wildman–Crippen LogP) is 5.80. The zero-order chi connectivity index (χ0) is 23.8. The molecule has 9 heteroatoms. The third kappa shape index (κ3) is 6.98. The minimum absolute atomic E-state index is 0.0209. The summed E-state index contributed by atoms with van der Waals surface area (Å²) in [5, 5.41) is 10.5. The van der Waals surface area contributed by atoms with Crippen molar-refractivity contribution >= 4 is 34.6 Å². The van der Waals surface area contributed by atoms with Gasteiger partial charge < -0.3 is 10.7 Å². The summed E-state index contributed by atoms with van der Waals surface area (Å²) < 4.78 is 39.0. The van der Waals surface area contributed by atoms with Crippen LogP contribution in [-0.4, -0.2) is 35.0 Å². The van der Waals surface area contributed by atoms with Gasteiger partial charge in [0.15, 0.2) is 0 Å². The van der Waals surface area contributed by atoms with E-state index in [0.29, 0.717) is 29.8 Å². The number of carbonyl (C=O) groups is 1. The van der Waals surface area contributed by atoms with E-state index < -0.39 is 18.3 Å². The van der Waals surface area contributed by atoms with Crippen LogP contribution in [0, 0.1) is 5.41 Å². The highest BCUT2D eigenvalue weighted by Gasteiger charge is 2.35. The lowest BCUT2D eigenvalue weighted by Crippen LogP contribution is -2.26. The molecule has 3 aromatic rings. The Morgan fingerprint density at radius 1 is 1.00 bits per heavy atom. The van der Waals surface area contributed by atoms with Gasteiger partial charge in [0, 0.05) is 36.8 Å². The Hall–Kier alpha value is -3.52. The fourth-order valence-electron chi connectivity index (χ4n) is 2.93. The van der Waals surface area contributed by atoms with Gasteiger partial charge >= 0.3 is 6.18 Å². The van der Waals surface area contributed by atoms with E-state index in [1.165, 1.54) is 24.3 Å². The van der Waals surface area contributed by atoms with Crippen LogP contribution in [-0.2, 0) is 6.42 Å². The zero-order valence-corrected chi connectivity index (χ0v) is 18.1. The number of rotatable bonds is 8. The standard InChI is InChI=1S/C24H20ClF3N4O/c25-19-6-1-2-7-20(19)32-21(15-22(29)24(26,27)28)16-8-10-17(11-9-16)23(33)31-14-12-18-5-3-4-13-30-18/h1-11,13,29H,12,14-15H2,(H,31,33). The summed E-state index contributed by atoms with van der Waals surface area (Å²) in [5.74, 6) is -0.315. The van der Waals surface area contributed by atoms with Crippen molar-refractivity contribution in [3.8, 4) is 0 Å². The number of alkyl halides is 3. The van der Waals surface area contributed by atoms with Crippen molar-refractivity contribution in [1.82, 2.24) is 10.3 Å². The van der Waals surface area contributed by atoms with Crippen LogP contribution in [0.4, 0.5) is 18.9 Å². The van der Waals surface area contributed by atoms with Crippen molar-refractivity contribution < 1.29 is 18.0 Å². The number of halogens is 4. The molecule has 2 aromatic carbocycles. The number of hydrogen-bond acceptors (Lipinski definition) is 4. The molecule has 0 atom stereocenters. The second-order valence-electron chi connectivity index (χ2n) is 7.07. The summed E-state index contributed by atoms with van der Waals surface area (Å²) in [6.45, 7) is 0.388. The van der Waals surface area contributed by atoms with Gasteiger partial charge in [-0.25, -0.2) is 0 Å². The maximum atomic E-state index is 13.0. The van der Waals surface area contributed by atoms with Gasteiger partial charge in [0.05, 0.1) is 16.4 Å². The molecule has 170 valence electrons. The molecule has 0 aliphatic heterocycles. The van der Waals surface area contributed by atoms with Crippen molar-refractivity contribution in [2.45, 2.75) is 19.0 Å². The van der Waals surface area contributed by atoms with Crippen LogP contribution in [0.1, 0.15) is 28.0 Å². The first-order valence-electron chi connectivity index (χ1n) is 9.99. The van der Waals surface area contributed by atoms with E-state index in [4.69, 9.17) is 17.0 Å². The van der Waals surface area contributed by atoms with Gasteiger partial charge in [-0.15, -0.1) is 0 Å². The molecule has 3 rings (SSSR count). The maximum Gasteiger partial charge on any atom is 0.429 e. The highest BCUT2D eigenvalue weighted by atomic mass is 35.5. The van der Waals surface area contributed by atoms with Gasteiger partial charge in [-0.05, 0) is 42.0 Å². The highest BCUT2D eigenvalue weighted by Crippen LogP contribution is 2.27. The zero-order valence-electron chi connectivity index (χ0n) is 17.4. The van der Waals surface area contributed by atoms with Crippen LogP contribution in [0.25, 0.3) is 0 Å². The van der Waals surface area contributed by atoms with Crippen molar-refractivity contribution in [1.29, 1.82) is 5.41 Å². The van der Waals surface area contributed by atoms with Crippen LogP contribution in [0.2, 0.25) is 5.02 Å². The lowest BCUT2D eigenvalue weighted by Gasteiger charge is -2.12. The molecule has 5 nitrogen and oxygen atoms in total. The molecule has 0 saturated heterocycles. The summed E-state index contributed by atoms with van der Waals surface area (Å²) in [6.07, 6.45) is -3.26. The van der Waals surface area contributed by atoms with Gasteiger partial charge in [0.2, 0.25) is 0 Å². The summed E-state index contributed by atoms with van der Waals surface area (Å²) in [4.78, 5) is 20.9. The first-order valence-corrected chi connectivity index (χ1v) is 10.4. The molecule has 0 aliphatic rings. The number of aromatic nitrogens is 1. The summed E-state index contributed by atoms with van der Waals surface area (Å²) in [6, 6.07) is 18.0. The van der Waals surface area contributed by atoms with Crippen LogP contribution in [0.3, 0.4) is 0 Å². The highest BCUT2D eigenvalue weighted by molar-refractivity contribution is 6.33. The Morgan fingerprint density at radius 3 is 2.30 bits per heavy atom. The van der Waals surface area contributed by atoms with Crippen LogP contribution >= 0.6 is 11.6 Å². The number of para-hydroxylation sites is 1. The summed E-state index contributed by atoms with van der Waals surface area (Å²) in [7, 11) is 0. The Morgan fingerprint density at radius 2 is 1.67 bits per heavy atom. The molecule has 1 amide bonds. The fourth-order valence-corrected chi connectivity index (χ4v) is 3.11. The average Bonchev–Trinajstić information content (AvgIpc) is 2.80. The fraction of sp³-hybridized carbons (Fsp3) is 0.167. The molecule has 0 bridgehead atoms. The van der Waals surface area contributed by atoms with E-state index in [2.05, 4.69) is 15.3 Å². The predicted molar refractivity (Wildman–Crippen MR) is 123 cm³/mol. The minimum Gasteiger partial charge on any atom is -0.352 e. The third-order valence-electron chi connectivity index (χ3n) is 4.67.